The molecule has 2 aliphatic heterocycles. The Kier molecular flexibility index (Phi) is 10.1. The fraction of sp³-hybridized carbons (Fsp3) is 0.206. The summed E-state index contributed by atoms with van der Waals surface area (Å²) in [5.41, 5.74) is 25.1. The van der Waals surface area contributed by atoms with Gasteiger partial charge in [0.25, 0.3) is 6.71 Å². The van der Waals surface area contributed by atoms with E-state index < -0.39 is 0 Å². The van der Waals surface area contributed by atoms with Crippen LogP contribution >= 0.6 is 0 Å². The van der Waals surface area contributed by atoms with Crippen molar-refractivity contribution in [2.75, 3.05) is 14.7 Å². The molecule has 0 fully saturated rings. The van der Waals surface area contributed by atoms with Gasteiger partial charge >= 0.3 is 0 Å². The Morgan fingerprint density at radius 3 is 1.77 bits per heavy atom. The SMILES string of the molecule is Cc1cc2c3c(c1)N(c1cccc4c1oc1ccccc14)c1cc4c(cc1B3c1cc(N(c3ccccc3)c3ccccc3)ccc1N2c1c(C)cc(C(C)(C)C)cc1-c1ccccc1)C(C)(C)CCC4(C)C. The molecule has 3 heterocycles. The lowest BCUT2D eigenvalue weighted by atomic mass is 9.33. The van der Waals surface area contributed by atoms with Crippen LogP contribution in [0.25, 0.3) is 33.1 Å². The average molecular weight is 948 g/mol. The number of nitrogens with zero attached hydrogens (tertiary/aromatic N) is 3. The third-order valence-corrected chi connectivity index (χ3v) is 16.6. The summed E-state index contributed by atoms with van der Waals surface area (Å²) in [5.74, 6) is 0. The summed E-state index contributed by atoms with van der Waals surface area (Å²) in [4.78, 5) is 7.64. The average Bonchev–Trinajstić information content (AvgIpc) is 3.78. The zero-order chi connectivity index (χ0) is 50.1. The number of fused-ring (bicyclic) bond motifs is 8. The van der Waals surface area contributed by atoms with E-state index in [4.69, 9.17) is 4.42 Å². The van der Waals surface area contributed by atoms with Crippen molar-refractivity contribution in [2.45, 2.75) is 91.4 Å². The van der Waals surface area contributed by atoms with E-state index in [1.165, 1.54) is 83.8 Å². The first-order valence-electron chi connectivity index (χ1n) is 26.2. The van der Waals surface area contributed by atoms with Gasteiger partial charge in [0.2, 0.25) is 0 Å². The maximum absolute atomic E-state index is 7.02. The fourth-order valence-corrected chi connectivity index (χ4v) is 12.7. The molecule has 1 aliphatic carbocycles. The Balaban J connectivity index is 1.18. The van der Waals surface area contributed by atoms with Gasteiger partial charge in [-0.25, -0.2) is 0 Å². The quantitative estimate of drug-likeness (QED) is 0.155. The van der Waals surface area contributed by atoms with Crippen LogP contribution in [0.15, 0.2) is 192 Å². The first-order chi connectivity index (χ1) is 35.2. The molecule has 0 saturated carbocycles. The molecule has 0 atom stereocenters. The minimum absolute atomic E-state index is 0.0140. The number of rotatable bonds is 6. The lowest BCUT2D eigenvalue weighted by Gasteiger charge is -2.48. The van der Waals surface area contributed by atoms with E-state index in [0.717, 1.165) is 57.5 Å². The van der Waals surface area contributed by atoms with E-state index in [2.05, 4.69) is 265 Å². The molecular weight excluding hydrogens is 886 g/mol. The van der Waals surface area contributed by atoms with Gasteiger partial charge in [-0.3, -0.25) is 0 Å². The van der Waals surface area contributed by atoms with Crippen molar-refractivity contribution in [1.82, 2.24) is 0 Å². The van der Waals surface area contributed by atoms with Crippen LogP contribution in [0.2, 0.25) is 0 Å². The molecule has 13 rings (SSSR count). The minimum atomic E-state index is -0.105. The van der Waals surface area contributed by atoms with Gasteiger partial charge < -0.3 is 19.1 Å². The molecule has 0 radical (unpaired) electrons. The third kappa shape index (κ3) is 7.10. The second-order valence-corrected chi connectivity index (χ2v) is 23.4. The smallest absolute Gasteiger partial charge is 0.252 e. The Hall–Kier alpha value is -7.76. The topological polar surface area (TPSA) is 22.9 Å². The lowest BCUT2D eigenvalue weighted by molar-refractivity contribution is 0.332. The van der Waals surface area contributed by atoms with E-state index in [0.29, 0.717) is 0 Å². The molecule has 358 valence electrons. The van der Waals surface area contributed by atoms with Gasteiger partial charge in [0.15, 0.2) is 5.58 Å². The largest absolute Gasteiger partial charge is 0.454 e. The number of furan rings is 1. The Labute approximate surface area is 431 Å². The van der Waals surface area contributed by atoms with E-state index in [1.54, 1.807) is 0 Å². The molecule has 10 aromatic rings. The van der Waals surface area contributed by atoms with Crippen molar-refractivity contribution in [1.29, 1.82) is 0 Å². The first kappa shape index (κ1) is 45.1. The molecule has 0 saturated heterocycles. The Morgan fingerprint density at radius 1 is 0.507 bits per heavy atom. The van der Waals surface area contributed by atoms with Crippen molar-refractivity contribution in [3.8, 4) is 11.1 Å². The van der Waals surface area contributed by atoms with Crippen LogP contribution in [0.1, 0.15) is 89.1 Å². The van der Waals surface area contributed by atoms with Gasteiger partial charge in [0, 0.05) is 56.1 Å². The molecule has 3 aliphatic rings. The number of benzene rings is 9. The van der Waals surface area contributed by atoms with E-state index in [1.807, 2.05) is 0 Å². The van der Waals surface area contributed by atoms with Gasteiger partial charge in [-0.1, -0.05) is 158 Å². The Bertz CT molecular complexity index is 3790. The van der Waals surface area contributed by atoms with Crippen LogP contribution in [0.5, 0.6) is 0 Å². The highest BCUT2D eigenvalue weighted by molar-refractivity contribution is 7.00. The predicted octanol–water partition coefficient (Wildman–Crippen LogP) is 17.1. The van der Waals surface area contributed by atoms with Gasteiger partial charge in [0.05, 0.1) is 11.4 Å². The van der Waals surface area contributed by atoms with Gasteiger partial charge in [-0.2, -0.15) is 0 Å². The van der Waals surface area contributed by atoms with Crippen molar-refractivity contribution >= 4 is 96.2 Å². The summed E-state index contributed by atoms with van der Waals surface area (Å²) >= 11 is 0. The maximum Gasteiger partial charge on any atom is 0.252 e. The van der Waals surface area contributed by atoms with Crippen LogP contribution in [0, 0.1) is 13.8 Å². The highest BCUT2D eigenvalue weighted by atomic mass is 16.3. The molecule has 0 bridgehead atoms. The third-order valence-electron chi connectivity index (χ3n) is 16.6. The highest BCUT2D eigenvalue weighted by Gasteiger charge is 2.47. The summed E-state index contributed by atoms with van der Waals surface area (Å²) in [7, 11) is 0. The molecule has 9 aromatic carbocycles. The standard InChI is InChI=1S/C68H62BN3O/c1-43-36-60-63-61(37-43)72(64-44(2)38-46(66(3,4)5)39-52(64)45-22-13-10-14-23-45)57-33-32-49(70(47-24-15-11-16-25-47)48-26-17-12-18-27-48)40-55(57)69(63)56-41-53-54(68(8,9)35-34-67(53,6)7)42-59(56)71(60)58-30-21-29-51-50-28-19-20-31-62(50)73-65(51)58/h10-33,36-42H,34-35H2,1-9H3. The van der Waals surface area contributed by atoms with E-state index >= 15 is 0 Å². The molecule has 1 aromatic heterocycles. The highest BCUT2D eigenvalue weighted by Crippen LogP contribution is 2.53. The summed E-state index contributed by atoms with van der Waals surface area (Å²) in [6.45, 7) is 21.3. The number of hydrogen-bond donors (Lipinski definition) is 0. The molecule has 4 nitrogen and oxygen atoms in total. The normalized spacial score (nSPS) is 15.2. The molecule has 0 spiro atoms. The zero-order valence-corrected chi connectivity index (χ0v) is 43.6. The monoisotopic (exact) mass is 947 g/mol. The summed E-state index contributed by atoms with van der Waals surface area (Å²) in [6.07, 6.45) is 2.25. The lowest BCUT2D eigenvalue weighted by Crippen LogP contribution is -2.62. The van der Waals surface area contributed by atoms with Crippen LogP contribution < -0.4 is 31.1 Å². The van der Waals surface area contributed by atoms with Crippen molar-refractivity contribution in [2.24, 2.45) is 0 Å². The summed E-state index contributed by atoms with van der Waals surface area (Å²) in [5, 5.41) is 2.25. The van der Waals surface area contributed by atoms with E-state index in [-0.39, 0.29) is 23.0 Å². The number of aryl methyl sites for hydroxylation is 2. The molecule has 0 amide bonds. The number of hydrogen-bond acceptors (Lipinski definition) is 4. The second kappa shape index (κ2) is 16.4. The maximum atomic E-state index is 7.02. The molecule has 73 heavy (non-hydrogen) atoms. The molecule has 5 heteroatoms. The summed E-state index contributed by atoms with van der Waals surface area (Å²) < 4.78 is 7.02. The van der Waals surface area contributed by atoms with Gasteiger partial charge in [-0.15, -0.1) is 0 Å². The van der Waals surface area contributed by atoms with Crippen molar-refractivity contribution in [3.63, 3.8) is 0 Å². The van der Waals surface area contributed by atoms with Gasteiger partial charge in [-0.05, 0) is 172 Å². The molecule has 0 N–H and O–H groups in total. The Morgan fingerprint density at radius 2 is 1.10 bits per heavy atom. The predicted molar refractivity (Wildman–Crippen MR) is 311 cm³/mol. The molecular formula is C68H62BN3O. The van der Waals surface area contributed by atoms with Crippen LogP contribution in [-0.2, 0) is 16.2 Å². The minimum Gasteiger partial charge on any atom is -0.454 e. The fourth-order valence-electron chi connectivity index (χ4n) is 12.7. The van der Waals surface area contributed by atoms with E-state index in [9.17, 15) is 0 Å². The number of anilines is 9. The number of para-hydroxylation sites is 4. The summed E-state index contributed by atoms with van der Waals surface area (Å²) in [6, 6.07) is 70.3. The van der Waals surface area contributed by atoms with Crippen LogP contribution in [-0.4, -0.2) is 6.71 Å². The molecule has 0 unspecified atom stereocenters. The van der Waals surface area contributed by atoms with Crippen molar-refractivity contribution < 1.29 is 4.42 Å². The van der Waals surface area contributed by atoms with Gasteiger partial charge in [0.1, 0.15) is 5.58 Å². The first-order valence-corrected chi connectivity index (χ1v) is 26.2. The van der Waals surface area contributed by atoms with Crippen LogP contribution in [0.3, 0.4) is 0 Å². The van der Waals surface area contributed by atoms with Crippen molar-refractivity contribution in [3.05, 3.63) is 216 Å². The second-order valence-electron chi connectivity index (χ2n) is 23.4. The zero-order valence-electron chi connectivity index (χ0n) is 43.6. The van der Waals surface area contributed by atoms with Crippen LogP contribution in [0.4, 0.5) is 51.2 Å².